The highest BCUT2D eigenvalue weighted by molar-refractivity contribution is 8.00. The second-order valence-corrected chi connectivity index (χ2v) is 6.08. The molecule has 1 heterocycles. The monoisotopic (exact) mass is 283 g/mol. The van der Waals surface area contributed by atoms with Crippen molar-refractivity contribution >= 4 is 23.4 Å². The average Bonchev–Trinajstić information content (AvgIpc) is 2.89. The predicted octanol–water partition coefficient (Wildman–Crippen LogP) is 3.68. The van der Waals surface area contributed by atoms with Crippen LogP contribution >= 0.6 is 11.8 Å². The Morgan fingerprint density at radius 1 is 1.20 bits per heavy atom. The van der Waals surface area contributed by atoms with Crippen LogP contribution in [0.1, 0.15) is 11.1 Å². The van der Waals surface area contributed by atoms with Gasteiger partial charge in [0.05, 0.1) is 5.75 Å². The standard InChI is InChI=1S/C17H17NOS/c1-13-7-8-16-14(11-13)9-10-18(16)17(19)12-20-15-5-3-2-4-6-15/h2-8,11H,9-10,12H2,1H3. The number of benzene rings is 2. The maximum Gasteiger partial charge on any atom is 0.237 e. The van der Waals surface area contributed by atoms with Crippen LogP contribution in [-0.4, -0.2) is 18.2 Å². The molecule has 0 aliphatic carbocycles. The summed E-state index contributed by atoms with van der Waals surface area (Å²) in [7, 11) is 0. The number of aryl methyl sites for hydroxylation is 1. The first-order chi connectivity index (χ1) is 9.74. The van der Waals surface area contributed by atoms with Gasteiger partial charge >= 0.3 is 0 Å². The molecular formula is C17H17NOS. The molecule has 1 amide bonds. The molecule has 0 spiro atoms. The summed E-state index contributed by atoms with van der Waals surface area (Å²) < 4.78 is 0. The molecule has 1 aliphatic rings. The summed E-state index contributed by atoms with van der Waals surface area (Å²) >= 11 is 1.60. The molecule has 2 aromatic rings. The molecule has 0 fully saturated rings. The van der Waals surface area contributed by atoms with E-state index < -0.39 is 0 Å². The molecule has 0 aromatic heterocycles. The van der Waals surface area contributed by atoms with Crippen molar-refractivity contribution in [1.82, 2.24) is 0 Å². The summed E-state index contributed by atoms with van der Waals surface area (Å²) in [6, 6.07) is 16.4. The fourth-order valence-electron chi connectivity index (χ4n) is 2.53. The Hall–Kier alpha value is -1.74. The quantitative estimate of drug-likeness (QED) is 0.801. The van der Waals surface area contributed by atoms with E-state index in [1.807, 2.05) is 35.2 Å². The smallest absolute Gasteiger partial charge is 0.237 e. The summed E-state index contributed by atoms with van der Waals surface area (Å²) in [4.78, 5) is 15.4. The van der Waals surface area contributed by atoms with E-state index >= 15 is 0 Å². The second-order valence-electron chi connectivity index (χ2n) is 5.03. The van der Waals surface area contributed by atoms with Gasteiger partial charge in [-0.1, -0.05) is 35.9 Å². The van der Waals surface area contributed by atoms with E-state index in [2.05, 4.69) is 25.1 Å². The summed E-state index contributed by atoms with van der Waals surface area (Å²) in [5, 5.41) is 0. The van der Waals surface area contributed by atoms with Gasteiger partial charge in [-0.2, -0.15) is 0 Å². The summed E-state index contributed by atoms with van der Waals surface area (Å²) in [5.41, 5.74) is 3.65. The molecule has 0 radical (unpaired) electrons. The third kappa shape index (κ3) is 2.73. The Morgan fingerprint density at radius 3 is 2.80 bits per heavy atom. The minimum atomic E-state index is 0.196. The van der Waals surface area contributed by atoms with Crippen molar-refractivity contribution in [2.45, 2.75) is 18.2 Å². The van der Waals surface area contributed by atoms with Gasteiger partial charge in [-0.25, -0.2) is 0 Å². The van der Waals surface area contributed by atoms with Crippen molar-refractivity contribution in [3.8, 4) is 0 Å². The molecule has 0 saturated heterocycles. The largest absolute Gasteiger partial charge is 0.311 e. The highest BCUT2D eigenvalue weighted by Gasteiger charge is 2.24. The van der Waals surface area contributed by atoms with Crippen LogP contribution < -0.4 is 4.90 Å². The number of hydrogen-bond acceptors (Lipinski definition) is 2. The zero-order valence-corrected chi connectivity index (χ0v) is 12.3. The molecule has 2 aromatic carbocycles. The van der Waals surface area contributed by atoms with Crippen molar-refractivity contribution in [3.05, 3.63) is 59.7 Å². The van der Waals surface area contributed by atoms with Crippen LogP contribution in [0.2, 0.25) is 0 Å². The normalized spacial score (nSPS) is 13.3. The molecule has 0 bridgehead atoms. The lowest BCUT2D eigenvalue weighted by molar-refractivity contribution is -0.116. The van der Waals surface area contributed by atoms with Crippen molar-refractivity contribution < 1.29 is 4.79 Å². The number of amides is 1. The van der Waals surface area contributed by atoms with Crippen LogP contribution in [0, 0.1) is 6.92 Å². The first kappa shape index (κ1) is 13.3. The maximum atomic E-state index is 12.4. The SMILES string of the molecule is Cc1ccc2c(c1)CCN2C(=O)CSc1ccccc1. The molecule has 0 unspecified atom stereocenters. The number of fused-ring (bicyclic) bond motifs is 1. The summed E-state index contributed by atoms with van der Waals surface area (Å²) in [6.07, 6.45) is 0.971. The Bertz CT molecular complexity index is 624. The van der Waals surface area contributed by atoms with E-state index in [-0.39, 0.29) is 5.91 Å². The fraction of sp³-hybridized carbons (Fsp3) is 0.235. The van der Waals surface area contributed by atoms with E-state index in [0.717, 1.165) is 23.5 Å². The maximum absolute atomic E-state index is 12.4. The van der Waals surface area contributed by atoms with E-state index in [9.17, 15) is 4.79 Å². The molecule has 0 saturated carbocycles. The first-order valence-corrected chi connectivity index (χ1v) is 7.80. The van der Waals surface area contributed by atoms with Gasteiger partial charge in [0.25, 0.3) is 0 Å². The lowest BCUT2D eigenvalue weighted by Gasteiger charge is -2.17. The Morgan fingerprint density at radius 2 is 2.00 bits per heavy atom. The Kier molecular flexibility index (Phi) is 3.79. The van der Waals surface area contributed by atoms with E-state index in [4.69, 9.17) is 0 Å². The van der Waals surface area contributed by atoms with Gasteiger partial charge < -0.3 is 4.90 Å². The number of hydrogen-bond donors (Lipinski definition) is 0. The van der Waals surface area contributed by atoms with Crippen molar-refractivity contribution in [3.63, 3.8) is 0 Å². The zero-order valence-electron chi connectivity index (χ0n) is 11.5. The fourth-order valence-corrected chi connectivity index (χ4v) is 3.32. The molecule has 0 N–H and O–H groups in total. The number of thioether (sulfide) groups is 1. The van der Waals surface area contributed by atoms with Crippen LogP contribution in [-0.2, 0) is 11.2 Å². The van der Waals surface area contributed by atoms with Gasteiger partial charge in [0, 0.05) is 17.1 Å². The third-order valence-electron chi connectivity index (χ3n) is 3.54. The number of rotatable bonds is 3. The molecule has 2 nitrogen and oxygen atoms in total. The summed E-state index contributed by atoms with van der Waals surface area (Å²) in [5.74, 6) is 0.693. The van der Waals surface area contributed by atoms with Gasteiger partial charge in [-0.05, 0) is 37.1 Å². The number of carbonyl (C=O) groups is 1. The zero-order chi connectivity index (χ0) is 13.9. The first-order valence-electron chi connectivity index (χ1n) is 6.82. The van der Waals surface area contributed by atoms with E-state index in [1.54, 1.807) is 11.8 Å². The molecule has 3 rings (SSSR count). The van der Waals surface area contributed by atoms with Crippen LogP contribution in [0.3, 0.4) is 0 Å². The van der Waals surface area contributed by atoms with Gasteiger partial charge in [0.2, 0.25) is 5.91 Å². The van der Waals surface area contributed by atoms with Crippen LogP contribution in [0.4, 0.5) is 5.69 Å². The molecule has 20 heavy (non-hydrogen) atoms. The molecule has 0 atom stereocenters. The molecule has 1 aliphatic heterocycles. The molecular weight excluding hydrogens is 266 g/mol. The topological polar surface area (TPSA) is 20.3 Å². The lowest BCUT2D eigenvalue weighted by atomic mass is 10.1. The van der Waals surface area contributed by atoms with Crippen molar-refractivity contribution in [2.75, 3.05) is 17.2 Å². The number of anilines is 1. The van der Waals surface area contributed by atoms with Crippen LogP contribution in [0.25, 0.3) is 0 Å². The van der Waals surface area contributed by atoms with E-state index in [0.29, 0.717) is 5.75 Å². The second kappa shape index (κ2) is 5.71. The minimum Gasteiger partial charge on any atom is -0.311 e. The summed E-state index contributed by atoms with van der Waals surface area (Å²) in [6.45, 7) is 2.91. The Labute approximate surface area is 123 Å². The van der Waals surface area contributed by atoms with Crippen LogP contribution in [0.5, 0.6) is 0 Å². The minimum absolute atomic E-state index is 0.196. The van der Waals surface area contributed by atoms with Crippen molar-refractivity contribution in [2.24, 2.45) is 0 Å². The predicted molar refractivity (Wildman–Crippen MR) is 84.4 cm³/mol. The van der Waals surface area contributed by atoms with E-state index in [1.165, 1.54) is 11.1 Å². The highest BCUT2D eigenvalue weighted by atomic mass is 32.2. The van der Waals surface area contributed by atoms with Crippen molar-refractivity contribution in [1.29, 1.82) is 0 Å². The number of carbonyl (C=O) groups excluding carboxylic acids is 1. The van der Waals surface area contributed by atoms with Gasteiger partial charge in [-0.3, -0.25) is 4.79 Å². The third-order valence-corrected chi connectivity index (χ3v) is 4.53. The molecule has 102 valence electrons. The average molecular weight is 283 g/mol. The van der Waals surface area contributed by atoms with Gasteiger partial charge in [-0.15, -0.1) is 11.8 Å². The van der Waals surface area contributed by atoms with Gasteiger partial charge in [0.1, 0.15) is 0 Å². The van der Waals surface area contributed by atoms with Crippen LogP contribution in [0.15, 0.2) is 53.4 Å². The highest BCUT2D eigenvalue weighted by Crippen LogP contribution is 2.29. The Balaban J connectivity index is 1.68. The lowest BCUT2D eigenvalue weighted by Crippen LogP contribution is -2.30. The molecule has 3 heteroatoms. The number of nitrogens with zero attached hydrogens (tertiary/aromatic N) is 1. The van der Waals surface area contributed by atoms with Gasteiger partial charge in [0.15, 0.2) is 0 Å².